The molecular weight excluding hydrogens is 604 g/mol. The molecule has 0 heterocycles. The Bertz CT molecular complexity index is 1210. The molecule has 0 saturated carbocycles. The minimum absolute atomic E-state index is 0.0354. The van der Waals surface area contributed by atoms with Crippen molar-refractivity contribution >= 4 is 50.8 Å². The van der Waals surface area contributed by atoms with Gasteiger partial charge in [0.2, 0.25) is 9.69 Å². The SMILES string of the molecule is CCC(C)(C)c1ccc(OCCCC(=O)NCC(C)(C)C(=O)C(Cl)(Br)C(=O)Nc2ccccc2)c(C(C)(C)CC)c1. The summed E-state index contributed by atoms with van der Waals surface area (Å²) in [5.41, 5.74) is 1.93. The molecule has 0 radical (unpaired) electrons. The zero-order chi connectivity index (χ0) is 31.1. The van der Waals surface area contributed by atoms with E-state index in [1.165, 1.54) is 11.1 Å². The Hall–Kier alpha value is -2.38. The van der Waals surface area contributed by atoms with Crippen LogP contribution in [-0.4, -0.2) is 34.5 Å². The van der Waals surface area contributed by atoms with Gasteiger partial charge in [0.05, 0.1) is 6.61 Å². The molecule has 2 rings (SSSR count). The number of Topliss-reactive ketones (excluding diaryl/α,β-unsaturated/α-hetero) is 1. The molecule has 0 aliphatic carbocycles. The predicted octanol–water partition coefficient (Wildman–Crippen LogP) is 7.90. The van der Waals surface area contributed by atoms with Gasteiger partial charge in [0, 0.05) is 29.6 Å². The van der Waals surface area contributed by atoms with Crippen molar-refractivity contribution in [2.45, 2.75) is 95.7 Å². The van der Waals surface area contributed by atoms with Gasteiger partial charge in [-0.1, -0.05) is 97.3 Å². The summed E-state index contributed by atoms with van der Waals surface area (Å²) in [6, 6.07) is 15.2. The molecule has 0 bridgehead atoms. The van der Waals surface area contributed by atoms with E-state index in [0.29, 0.717) is 18.7 Å². The molecule has 2 aromatic carbocycles. The summed E-state index contributed by atoms with van der Waals surface area (Å²) in [5.74, 6) is -0.593. The van der Waals surface area contributed by atoms with Gasteiger partial charge in [0.25, 0.3) is 5.91 Å². The molecule has 0 saturated heterocycles. The molecule has 2 N–H and O–H groups in total. The molecule has 2 aromatic rings. The second-order valence-electron chi connectivity index (χ2n) is 12.5. The zero-order valence-electron chi connectivity index (χ0n) is 25.8. The van der Waals surface area contributed by atoms with Gasteiger partial charge in [-0.2, -0.15) is 0 Å². The van der Waals surface area contributed by atoms with Crippen LogP contribution in [0.3, 0.4) is 0 Å². The molecule has 0 spiro atoms. The van der Waals surface area contributed by atoms with Crippen molar-refractivity contribution in [2.75, 3.05) is 18.5 Å². The van der Waals surface area contributed by atoms with E-state index in [9.17, 15) is 14.4 Å². The maximum Gasteiger partial charge on any atom is 0.264 e. The maximum absolute atomic E-state index is 13.2. The van der Waals surface area contributed by atoms with Gasteiger partial charge in [0.1, 0.15) is 5.75 Å². The fourth-order valence-corrected chi connectivity index (χ4v) is 5.10. The smallest absolute Gasteiger partial charge is 0.264 e. The van der Waals surface area contributed by atoms with Gasteiger partial charge in [-0.05, 0) is 69.8 Å². The first-order valence-corrected chi connectivity index (χ1v) is 15.5. The predicted molar refractivity (Wildman–Crippen MR) is 172 cm³/mol. The lowest BCUT2D eigenvalue weighted by Gasteiger charge is -2.30. The van der Waals surface area contributed by atoms with Crippen LogP contribution < -0.4 is 15.4 Å². The van der Waals surface area contributed by atoms with Crippen molar-refractivity contribution in [3.05, 3.63) is 59.7 Å². The third-order valence-electron chi connectivity index (χ3n) is 8.01. The van der Waals surface area contributed by atoms with Crippen LogP contribution in [0.25, 0.3) is 0 Å². The molecule has 41 heavy (non-hydrogen) atoms. The molecule has 0 aliphatic rings. The van der Waals surface area contributed by atoms with Gasteiger partial charge in [-0.3, -0.25) is 14.4 Å². The Morgan fingerprint density at radius 1 is 0.902 bits per heavy atom. The highest BCUT2D eigenvalue weighted by Gasteiger charge is 2.48. The number of hydrogen-bond donors (Lipinski definition) is 2. The van der Waals surface area contributed by atoms with Crippen molar-refractivity contribution in [3.8, 4) is 5.75 Å². The van der Waals surface area contributed by atoms with E-state index in [1.54, 1.807) is 38.1 Å². The van der Waals surface area contributed by atoms with E-state index in [1.807, 2.05) is 6.07 Å². The number of ketones is 1. The first-order valence-electron chi connectivity index (χ1n) is 14.3. The van der Waals surface area contributed by atoms with Gasteiger partial charge in [0.15, 0.2) is 5.78 Å². The Morgan fingerprint density at radius 2 is 1.51 bits per heavy atom. The Labute approximate surface area is 259 Å². The number of para-hydroxylation sites is 1. The quantitative estimate of drug-likeness (QED) is 0.117. The summed E-state index contributed by atoms with van der Waals surface area (Å²) in [5, 5.41) is 5.45. The molecule has 6 nitrogen and oxygen atoms in total. The summed E-state index contributed by atoms with van der Waals surface area (Å²) in [7, 11) is 0. The standard InChI is InChI=1S/C33H46BrClN2O4/c1-9-30(3,4)23-18-19-26(25(21-23)31(5,6)10-2)41-20-14-17-27(38)36-22-32(7,8)28(39)33(34,35)29(40)37-24-15-12-11-13-16-24/h11-13,15-16,18-19,21H,9-10,14,17,20,22H2,1-8H3,(H,36,38)(H,37,40). The lowest BCUT2D eigenvalue weighted by atomic mass is 9.76. The molecule has 2 amide bonds. The van der Waals surface area contributed by atoms with Crippen molar-refractivity contribution < 1.29 is 19.1 Å². The molecule has 0 aromatic heterocycles. The Balaban J connectivity index is 1.93. The second-order valence-corrected chi connectivity index (χ2v) is 14.7. The fourth-order valence-electron chi connectivity index (χ4n) is 4.16. The number of carbonyl (C=O) groups is 3. The topological polar surface area (TPSA) is 84.5 Å². The van der Waals surface area contributed by atoms with Gasteiger partial charge >= 0.3 is 0 Å². The number of benzene rings is 2. The minimum atomic E-state index is -1.98. The van der Waals surface area contributed by atoms with Crippen LogP contribution in [0.4, 0.5) is 5.69 Å². The molecule has 0 fully saturated rings. The van der Waals surface area contributed by atoms with Crippen LogP contribution in [0, 0.1) is 5.41 Å². The van der Waals surface area contributed by atoms with Crippen LogP contribution in [0.2, 0.25) is 0 Å². The number of halogens is 2. The van der Waals surface area contributed by atoms with E-state index in [-0.39, 0.29) is 29.7 Å². The Morgan fingerprint density at radius 3 is 2.10 bits per heavy atom. The molecular formula is C33H46BrClN2O4. The van der Waals surface area contributed by atoms with Crippen LogP contribution in [0.1, 0.15) is 92.2 Å². The number of anilines is 1. The second kappa shape index (κ2) is 14.2. The monoisotopic (exact) mass is 648 g/mol. The first-order chi connectivity index (χ1) is 19.0. The highest BCUT2D eigenvalue weighted by molar-refractivity contribution is 9.11. The van der Waals surface area contributed by atoms with Crippen molar-refractivity contribution in [2.24, 2.45) is 5.41 Å². The minimum Gasteiger partial charge on any atom is -0.493 e. The first kappa shape index (κ1) is 34.8. The van der Waals surface area contributed by atoms with E-state index >= 15 is 0 Å². The average Bonchev–Trinajstić information content (AvgIpc) is 2.94. The van der Waals surface area contributed by atoms with Crippen LogP contribution in [0.15, 0.2) is 48.5 Å². The highest BCUT2D eigenvalue weighted by atomic mass is 79.9. The van der Waals surface area contributed by atoms with Gasteiger partial charge in [-0.25, -0.2) is 0 Å². The number of hydrogen-bond acceptors (Lipinski definition) is 4. The van der Waals surface area contributed by atoms with Crippen LogP contribution in [0.5, 0.6) is 5.75 Å². The summed E-state index contributed by atoms with van der Waals surface area (Å²) in [6.07, 6.45) is 2.78. The van der Waals surface area contributed by atoms with E-state index in [2.05, 4.69) is 86.3 Å². The number of nitrogens with one attached hydrogen (secondary N) is 2. The summed E-state index contributed by atoms with van der Waals surface area (Å²) in [6.45, 7) is 17.1. The lowest BCUT2D eigenvalue weighted by Crippen LogP contribution is -2.50. The maximum atomic E-state index is 13.2. The van der Waals surface area contributed by atoms with E-state index < -0.39 is 20.9 Å². The van der Waals surface area contributed by atoms with Crippen molar-refractivity contribution in [1.29, 1.82) is 0 Å². The number of ether oxygens (including phenoxy) is 1. The normalized spacial score (nSPS) is 13.7. The van der Waals surface area contributed by atoms with Crippen molar-refractivity contribution in [3.63, 3.8) is 0 Å². The molecule has 1 unspecified atom stereocenters. The number of alkyl halides is 2. The van der Waals surface area contributed by atoms with Gasteiger partial charge in [-0.15, -0.1) is 0 Å². The van der Waals surface area contributed by atoms with Crippen LogP contribution >= 0.6 is 27.5 Å². The summed E-state index contributed by atoms with van der Waals surface area (Å²) >= 11 is 9.48. The number of rotatable bonds is 15. The van der Waals surface area contributed by atoms with E-state index in [4.69, 9.17) is 16.3 Å². The van der Waals surface area contributed by atoms with Gasteiger partial charge < -0.3 is 15.4 Å². The molecule has 0 aliphatic heterocycles. The van der Waals surface area contributed by atoms with Crippen molar-refractivity contribution in [1.82, 2.24) is 5.32 Å². The van der Waals surface area contributed by atoms with E-state index in [0.717, 1.165) is 18.6 Å². The fraction of sp³-hybridized carbons (Fsp3) is 0.545. The molecule has 8 heteroatoms. The average molecular weight is 650 g/mol. The summed E-state index contributed by atoms with van der Waals surface area (Å²) < 4.78 is 4.20. The number of amides is 2. The zero-order valence-corrected chi connectivity index (χ0v) is 28.1. The Kier molecular flexibility index (Phi) is 12.1. The highest BCUT2D eigenvalue weighted by Crippen LogP contribution is 2.39. The molecule has 1 atom stereocenters. The van der Waals surface area contributed by atoms with Crippen LogP contribution in [-0.2, 0) is 25.2 Å². The third kappa shape index (κ3) is 9.31. The third-order valence-corrected chi connectivity index (χ3v) is 9.07. The lowest BCUT2D eigenvalue weighted by molar-refractivity contribution is -0.132. The largest absolute Gasteiger partial charge is 0.493 e. The summed E-state index contributed by atoms with van der Waals surface area (Å²) in [4.78, 5) is 38.5. The molecule has 226 valence electrons. The number of carbonyl (C=O) groups excluding carboxylic acids is 3.